The molecule has 0 radical (unpaired) electrons. The number of hydrogen-bond acceptors (Lipinski definition) is 4. The Labute approximate surface area is 178 Å². The van der Waals surface area contributed by atoms with Gasteiger partial charge in [-0.1, -0.05) is 43.3 Å². The van der Waals surface area contributed by atoms with Crippen molar-refractivity contribution in [3.63, 3.8) is 0 Å². The topological polar surface area (TPSA) is 79.2 Å². The summed E-state index contributed by atoms with van der Waals surface area (Å²) in [5.41, 5.74) is 2.98. The third-order valence-corrected chi connectivity index (χ3v) is 6.63. The minimum absolute atomic E-state index is 0.211. The molecule has 6 nitrogen and oxygen atoms in total. The number of fused-ring (bicyclic) bond motifs is 2. The van der Waals surface area contributed by atoms with E-state index in [1.54, 1.807) is 6.07 Å². The van der Waals surface area contributed by atoms with Crippen LogP contribution < -0.4 is 9.26 Å². The van der Waals surface area contributed by atoms with Gasteiger partial charge in [-0.2, -0.15) is 0 Å². The Balaban J connectivity index is 1.64. The molecule has 7 heteroatoms. The molecule has 2 aromatic rings. The molecular weight excluding hydrogens is 401 g/mol. The van der Waals surface area contributed by atoms with Gasteiger partial charge in [-0.25, -0.2) is 4.57 Å². The highest BCUT2D eigenvalue weighted by atomic mass is 31.2. The summed E-state index contributed by atoms with van der Waals surface area (Å²) in [6.07, 6.45) is 5.08. The predicted octanol–water partition coefficient (Wildman–Crippen LogP) is 4.33. The molecule has 162 valence electrons. The average molecular weight is 431 g/mol. The van der Waals surface area contributed by atoms with E-state index in [0.717, 1.165) is 61.9 Å². The van der Waals surface area contributed by atoms with Crippen LogP contribution in [0.25, 0.3) is 0 Å². The number of phosphoric ester groups is 1. The number of benzene rings is 2. The van der Waals surface area contributed by atoms with Crippen LogP contribution in [0.2, 0.25) is 0 Å². The van der Waals surface area contributed by atoms with Crippen LogP contribution in [0.3, 0.4) is 0 Å². The van der Waals surface area contributed by atoms with Gasteiger partial charge in [-0.3, -0.25) is 14.7 Å². The van der Waals surface area contributed by atoms with Gasteiger partial charge < -0.3 is 9.26 Å². The number of phosphoric acid groups is 1. The van der Waals surface area contributed by atoms with E-state index in [2.05, 4.69) is 11.8 Å². The minimum Gasteiger partial charge on any atom is -0.485 e. The summed E-state index contributed by atoms with van der Waals surface area (Å²) in [6.45, 7) is 4.76. The maximum atomic E-state index is 11.7. The van der Waals surface area contributed by atoms with Gasteiger partial charge in [-0.05, 0) is 68.3 Å². The zero-order valence-corrected chi connectivity index (χ0v) is 18.3. The Hall–Kier alpha value is -1.85. The van der Waals surface area contributed by atoms with E-state index in [1.165, 1.54) is 0 Å². The van der Waals surface area contributed by atoms with E-state index < -0.39 is 7.82 Å². The number of likely N-dealkylation sites (tertiary alicyclic amines) is 1. The van der Waals surface area contributed by atoms with Crippen molar-refractivity contribution in [1.82, 2.24) is 4.90 Å². The smallest absolute Gasteiger partial charge is 0.485 e. The second-order valence-electron chi connectivity index (χ2n) is 8.30. The van der Waals surface area contributed by atoms with Crippen molar-refractivity contribution in [2.45, 2.75) is 51.7 Å². The first-order valence-electron chi connectivity index (χ1n) is 10.7. The van der Waals surface area contributed by atoms with Crippen molar-refractivity contribution in [1.29, 1.82) is 0 Å². The van der Waals surface area contributed by atoms with Crippen molar-refractivity contribution >= 4 is 7.82 Å². The molecule has 2 atom stereocenters. The van der Waals surface area contributed by atoms with E-state index in [4.69, 9.17) is 9.26 Å². The molecule has 0 unspecified atom stereocenters. The number of nitrogens with zero attached hydrogens (tertiary/aromatic N) is 1. The molecule has 30 heavy (non-hydrogen) atoms. The summed E-state index contributed by atoms with van der Waals surface area (Å²) >= 11 is 0. The van der Waals surface area contributed by atoms with Gasteiger partial charge in [0.25, 0.3) is 0 Å². The number of ether oxygens (including phenoxy) is 1. The lowest BCUT2D eigenvalue weighted by atomic mass is 9.75. The average Bonchev–Trinajstić information content (AvgIpc) is 2.72. The summed E-state index contributed by atoms with van der Waals surface area (Å²) in [6, 6.07) is 14.0. The van der Waals surface area contributed by atoms with Crippen LogP contribution in [-0.4, -0.2) is 33.8 Å². The van der Waals surface area contributed by atoms with Crippen molar-refractivity contribution in [2.75, 3.05) is 13.1 Å². The van der Waals surface area contributed by atoms with Crippen LogP contribution >= 0.6 is 7.82 Å². The molecule has 0 amide bonds. The molecule has 0 bridgehead atoms. The van der Waals surface area contributed by atoms with E-state index in [1.807, 2.05) is 36.4 Å². The van der Waals surface area contributed by atoms with Crippen LogP contribution in [0.1, 0.15) is 42.9 Å². The molecule has 1 heterocycles. The van der Waals surface area contributed by atoms with Crippen LogP contribution in [-0.2, 0) is 24.0 Å². The first kappa shape index (κ1) is 21.4. The quantitative estimate of drug-likeness (QED) is 0.636. The Morgan fingerprint density at radius 1 is 1.13 bits per heavy atom. The molecule has 0 spiro atoms. The molecule has 1 aliphatic heterocycles. The third kappa shape index (κ3) is 4.89. The molecule has 0 saturated carbocycles. The van der Waals surface area contributed by atoms with Gasteiger partial charge in [0.05, 0.1) is 0 Å². The van der Waals surface area contributed by atoms with Crippen molar-refractivity contribution < 1.29 is 23.6 Å². The Bertz CT molecular complexity index is 911. The summed E-state index contributed by atoms with van der Waals surface area (Å²) < 4.78 is 22.9. The molecule has 1 aliphatic carbocycles. The van der Waals surface area contributed by atoms with E-state index in [9.17, 15) is 14.4 Å². The van der Waals surface area contributed by atoms with Gasteiger partial charge in [0.2, 0.25) is 0 Å². The SMILES string of the molecule is CCCN1CCC[C@@H]2Cc3c(ccc(OCc4ccccc4)c3OP(=O)(O)O)C[C@H]21. The number of rotatable bonds is 7. The lowest BCUT2D eigenvalue weighted by Crippen LogP contribution is -2.49. The molecule has 2 N–H and O–H groups in total. The highest BCUT2D eigenvalue weighted by Gasteiger charge is 2.37. The summed E-state index contributed by atoms with van der Waals surface area (Å²) in [4.78, 5) is 21.7. The highest BCUT2D eigenvalue weighted by Crippen LogP contribution is 2.48. The lowest BCUT2D eigenvalue weighted by Gasteiger charge is -2.45. The molecule has 1 saturated heterocycles. The third-order valence-electron chi connectivity index (χ3n) is 6.21. The Kier molecular flexibility index (Phi) is 6.49. The van der Waals surface area contributed by atoms with Crippen LogP contribution in [0.15, 0.2) is 42.5 Å². The van der Waals surface area contributed by atoms with E-state index >= 15 is 0 Å². The maximum Gasteiger partial charge on any atom is 0.524 e. The number of piperidine rings is 1. The molecule has 2 aliphatic rings. The lowest BCUT2D eigenvalue weighted by molar-refractivity contribution is 0.0849. The Morgan fingerprint density at radius 3 is 2.67 bits per heavy atom. The fraction of sp³-hybridized carbons (Fsp3) is 0.478. The van der Waals surface area contributed by atoms with Gasteiger partial charge >= 0.3 is 7.82 Å². The van der Waals surface area contributed by atoms with Gasteiger partial charge in [0, 0.05) is 11.6 Å². The molecule has 4 rings (SSSR count). The van der Waals surface area contributed by atoms with Gasteiger partial charge in [0.1, 0.15) is 6.61 Å². The summed E-state index contributed by atoms with van der Waals surface area (Å²) in [5, 5.41) is 0. The fourth-order valence-electron chi connectivity index (χ4n) is 4.93. The van der Waals surface area contributed by atoms with Crippen LogP contribution in [0.4, 0.5) is 0 Å². The van der Waals surface area contributed by atoms with E-state index in [-0.39, 0.29) is 5.75 Å². The zero-order valence-electron chi connectivity index (χ0n) is 17.4. The standard InChI is InChI=1S/C23H30NO5P/c1-2-12-24-13-6-9-19-14-20-18(15-21(19)24)10-11-22(23(20)29-30(25,26)27)28-16-17-7-4-3-5-8-17/h3-5,7-8,10-11,19,21H,2,6,9,12-16H2,1H3,(H2,25,26,27)/t19-,21-/m1/s1. The largest absolute Gasteiger partial charge is 0.524 e. The second-order valence-corrected chi connectivity index (χ2v) is 9.46. The van der Waals surface area contributed by atoms with Gasteiger partial charge in [0.15, 0.2) is 11.5 Å². The zero-order chi connectivity index (χ0) is 21.1. The second kappa shape index (κ2) is 9.11. The first-order valence-corrected chi connectivity index (χ1v) is 12.3. The summed E-state index contributed by atoms with van der Waals surface area (Å²) in [5.74, 6) is 1.07. The van der Waals surface area contributed by atoms with Crippen molar-refractivity contribution in [3.05, 3.63) is 59.2 Å². The molecular formula is C23H30NO5P. The molecule has 0 aromatic heterocycles. The highest BCUT2D eigenvalue weighted by molar-refractivity contribution is 7.46. The van der Waals surface area contributed by atoms with Crippen LogP contribution in [0, 0.1) is 5.92 Å². The predicted molar refractivity (Wildman–Crippen MR) is 116 cm³/mol. The van der Waals surface area contributed by atoms with Crippen LogP contribution in [0.5, 0.6) is 11.5 Å². The Morgan fingerprint density at radius 2 is 1.93 bits per heavy atom. The van der Waals surface area contributed by atoms with Gasteiger partial charge in [-0.15, -0.1) is 0 Å². The molecule has 1 fully saturated rings. The number of hydrogen-bond donors (Lipinski definition) is 2. The van der Waals surface area contributed by atoms with Crippen molar-refractivity contribution in [3.8, 4) is 11.5 Å². The molecule has 2 aromatic carbocycles. The maximum absolute atomic E-state index is 11.7. The van der Waals surface area contributed by atoms with E-state index in [0.29, 0.717) is 24.3 Å². The normalized spacial score (nSPS) is 21.6. The minimum atomic E-state index is -4.71. The first-order chi connectivity index (χ1) is 14.4. The van der Waals surface area contributed by atoms with Crippen molar-refractivity contribution in [2.24, 2.45) is 5.92 Å². The monoisotopic (exact) mass is 431 g/mol. The fourth-order valence-corrected chi connectivity index (χ4v) is 5.37. The summed E-state index contributed by atoms with van der Waals surface area (Å²) in [7, 11) is -4.71.